The van der Waals surface area contributed by atoms with Gasteiger partial charge in [0.2, 0.25) is 5.91 Å². The molecule has 2 aromatic carbocycles. The van der Waals surface area contributed by atoms with Crippen LogP contribution < -0.4 is 15.4 Å². The fraction of sp³-hybridized carbons (Fsp3) is 0.227. The van der Waals surface area contributed by atoms with Crippen LogP contribution in [0.1, 0.15) is 34.5 Å². The van der Waals surface area contributed by atoms with E-state index in [1.165, 1.54) is 19.2 Å². The smallest absolute Gasteiger partial charge is 0.255 e. The lowest BCUT2D eigenvalue weighted by Gasteiger charge is -2.17. The van der Waals surface area contributed by atoms with Crippen molar-refractivity contribution in [2.45, 2.75) is 18.4 Å². The number of ether oxygens (including phenoxy) is 1. The van der Waals surface area contributed by atoms with E-state index in [1.807, 2.05) is 6.08 Å². The first-order valence-electron chi connectivity index (χ1n) is 9.51. The Balaban J connectivity index is 1.69. The topological polar surface area (TPSA) is 96.1 Å². The van der Waals surface area contributed by atoms with Gasteiger partial charge in [-0.15, -0.1) is 0 Å². The number of hydrogen-bond donors (Lipinski definition) is 3. The molecule has 0 bridgehead atoms. The SMILES string of the molecule is CNC(=O)C1(NC(=O)c2ccc3n[nH]c(C=Cc4ccc(F)cc4)c3c2OC)CC1. The zero-order valence-corrected chi connectivity index (χ0v) is 16.6. The molecule has 3 aromatic rings. The third-order valence-electron chi connectivity index (χ3n) is 5.23. The van der Waals surface area contributed by atoms with Crippen LogP contribution in [0, 0.1) is 5.82 Å². The first-order valence-corrected chi connectivity index (χ1v) is 9.51. The number of amides is 2. The third-order valence-corrected chi connectivity index (χ3v) is 5.23. The standard InChI is InChI=1S/C22H21FN4O3/c1-24-21(29)22(11-12-22)25-20(28)15-8-10-17-18(19(15)30-2)16(26-27-17)9-5-13-3-6-14(23)7-4-13/h3-10H,11-12H2,1-2H3,(H,24,29)(H,25,28)(H,26,27). The van der Waals surface area contributed by atoms with E-state index < -0.39 is 5.54 Å². The van der Waals surface area contributed by atoms with Crippen LogP contribution in [-0.2, 0) is 4.79 Å². The molecule has 0 unspecified atom stereocenters. The van der Waals surface area contributed by atoms with Gasteiger partial charge in [0.05, 0.1) is 29.3 Å². The predicted molar refractivity (Wildman–Crippen MR) is 111 cm³/mol. The quantitative estimate of drug-likeness (QED) is 0.584. The van der Waals surface area contributed by atoms with Crippen molar-refractivity contribution in [1.82, 2.24) is 20.8 Å². The molecule has 1 aliphatic carbocycles. The maximum absolute atomic E-state index is 13.1. The van der Waals surface area contributed by atoms with E-state index >= 15 is 0 Å². The summed E-state index contributed by atoms with van der Waals surface area (Å²) in [6.45, 7) is 0. The Bertz CT molecular complexity index is 1150. The number of aromatic amines is 1. The van der Waals surface area contributed by atoms with E-state index in [-0.39, 0.29) is 17.6 Å². The highest BCUT2D eigenvalue weighted by atomic mass is 19.1. The summed E-state index contributed by atoms with van der Waals surface area (Å²) in [5, 5.41) is 13.3. The van der Waals surface area contributed by atoms with Crippen LogP contribution in [0.5, 0.6) is 5.75 Å². The largest absolute Gasteiger partial charge is 0.495 e. The molecule has 0 saturated heterocycles. The zero-order chi connectivity index (χ0) is 21.3. The highest BCUT2D eigenvalue weighted by molar-refractivity contribution is 6.07. The lowest BCUT2D eigenvalue weighted by molar-refractivity contribution is -0.123. The monoisotopic (exact) mass is 408 g/mol. The van der Waals surface area contributed by atoms with Gasteiger partial charge in [0.25, 0.3) is 5.91 Å². The molecule has 8 heteroatoms. The van der Waals surface area contributed by atoms with Crippen molar-refractivity contribution >= 4 is 34.9 Å². The number of hydrogen-bond acceptors (Lipinski definition) is 4. The van der Waals surface area contributed by atoms with Crippen LogP contribution in [0.2, 0.25) is 0 Å². The number of rotatable bonds is 6. The molecular weight excluding hydrogens is 387 g/mol. The van der Waals surface area contributed by atoms with E-state index in [4.69, 9.17) is 4.74 Å². The van der Waals surface area contributed by atoms with E-state index in [0.29, 0.717) is 40.8 Å². The molecule has 1 saturated carbocycles. The number of nitrogens with zero attached hydrogens (tertiary/aromatic N) is 1. The van der Waals surface area contributed by atoms with Crippen LogP contribution in [-0.4, -0.2) is 41.7 Å². The molecule has 154 valence electrons. The molecule has 30 heavy (non-hydrogen) atoms. The highest BCUT2D eigenvalue weighted by Gasteiger charge is 2.51. The molecule has 0 aliphatic heterocycles. The molecule has 1 aromatic heterocycles. The van der Waals surface area contributed by atoms with Crippen molar-refractivity contribution < 1.29 is 18.7 Å². The Labute approximate surface area is 172 Å². The Morgan fingerprint density at radius 3 is 2.53 bits per heavy atom. The van der Waals surface area contributed by atoms with Gasteiger partial charge in [-0.25, -0.2) is 4.39 Å². The Hall–Kier alpha value is -3.68. The van der Waals surface area contributed by atoms with Crippen LogP contribution in [0.4, 0.5) is 4.39 Å². The molecule has 3 N–H and O–H groups in total. The zero-order valence-electron chi connectivity index (χ0n) is 16.6. The summed E-state index contributed by atoms with van der Waals surface area (Å²) in [5.41, 5.74) is 1.56. The molecule has 1 aliphatic rings. The van der Waals surface area contributed by atoms with Crippen LogP contribution >= 0.6 is 0 Å². The van der Waals surface area contributed by atoms with Gasteiger partial charge in [-0.2, -0.15) is 5.10 Å². The summed E-state index contributed by atoms with van der Waals surface area (Å²) in [5.74, 6) is -0.529. The molecule has 7 nitrogen and oxygen atoms in total. The number of nitrogens with one attached hydrogen (secondary N) is 3. The maximum Gasteiger partial charge on any atom is 0.255 e. The fourth-order valence-electron chi connectivity index (χ4n) is 3.42. The van der Waals surface area contributed by atoms with E-state index in [9.17, 15) is 14.0 Å². The van der Waals surface area contributed by atoms with Gasteiger partial charge in [0, 0.05) is 7.05 Å². The predicted octanol–water partition coefficient (Wildman–Crippen LogP) is 2.89. The number of aromatic nitrogens is 2. The second kappa shape index (κ2) is 7.62. The lowest BCUT2D eigenvalue weighted by Crippen LogP contribution is -2.48. The van der Waals surface area contributed by atoms with Crippen LogP contribution in [0.3, 0.4) is 0 Å². The third kappa shape index (κ3) is 3.52. The van der Waals surface area contributed by atoms with E-state index in [1.54, 1.807) is 37.4 Å². The summed E-state index contributed by atoms with van der Waals surface area (Å²) < 4.78 is 18.7. The molecule has 1 heterocycles. The van der Waals surface area contributed by atoms with Gasteiger partial charge in [0.1, 0.15) is 17.1 Å². The Morgan fingerprint density at radius 2 is 1.90 bits per heavy atom. The minimum Gasteiger partial charge on any atom is -0.495 e. The number of carbonyl (C=O) groups is 2. The Morgan fingerprint density at radius 1 is 1.17 bits per heavy atom. The molecule has 2 amide bonds. The van der Waals surface area contributed by atoms with Crippen molar-refractivity contribution in [1.29, 1.82) is 0 Å². The maximum atomic E-state index is 13.1. The van der Waals surface area contributed by atoms with Crippen molar-refractivity contribution in [2.24, 2.45) is 0 Å². The summed E-state index contributed by atoms with van der Waals surface area (Å²) in [6.07, 6.45) is 4.80. The molecule has 1 fully saturated rings. The number of methoxy groups -OCH3 is 1. The van der Waals surface area contributed by atoms with Gasteiger partial charge < -0.3 is 15.4 Å². The number of benzene rings is 2. The summed E-state index contributed by atoms with van der Waals surface area (Å²) in [4.78, 5) is 25.0. The number of likely N-dealkylation sites (N-methyl/N-ethyl adjacent to an activating group) is 1. The summed E-state index contributed by atoms with van der Waals surface area (Å²) >= 11 is 0. The lowest BCUT2D eigenvalue weighted by atomic mass is 10.1. The summed E-state index contributed by atoms with van der Waals surface area (Å²) in [7, 11) is 3.03. The first-order chi connectivity index (χ1) is 14.5. The molecular formula is C22H21FN4O3. The molecule has 0 atom stereocenters. The van der Waals surface area contributed by atoms with Crippen LogP contribution in [0.25, 0.3) is 23.1 Å². The van der Waals surface area contributed by atoms with Crippen molar-refractivity contribution in [3.05, 3.63) is 59.0 Å². The van der Waals surface area contributed by atoms with Gasteiger partial charge in [-0.3, -0.25) is 14.7 Å². The number of fused-ring (bicyclic) bond motifs is 1. The van der Waals surface area contributed by atoms with Gasteiger partial charge >= 0.3 is 0 Å². The molecule has 4 rings (SSSR count). The second-order valence-corrected chi connectivity index (χ2v) is 7.18. The highest BCUT2D eigenvalue weighted by Crippen LogP contribution is 2.37. The average molecular weight is 408 g/mol. The molecule has 0 radical (unpaired) electrons. The van der Waals surface area contributed by atoms with E-state index in [0.717, 1.165) is 5.56 Å². The van der Waals surface area contributed by atoms with Gasteiger partial charge in [0.15, 0.2) is 0 Å². The molecule has 0 spiro atoms. The van der Waals surface area contributed by atoms with Crippen molar-refractivity contribution in [3.8, 4) is 5.75 Å². The van der Waals surface area contributed by atoms with Gasteiger partial charge in [-0.1, -0.05) is 18.2 Å². The Kier molecular flexibility index (Phi) is 4.99. The van der Waals surface area contributed by atoms with Crippen molar-refractivity contribution in [2.75, 3.05) is 14.2 Å². The number of carbonyl (C=O) groups excluding carboxylic acids is 2. The number of H-pyrrole nitrogens is 1. The van der Waals surface area contributed by atoms with Crippen molar-refractivity contribution in [3.63, 3.8) is 0 Å². The first kappa shape index (κ1) is 19.6. The van der Waals surface area contributed by atoms with Gasteiger partial charge in [-0.05, 0) is 48.7 Å². The normalized spacial score (nSPS) is 14.6. The average Bonchev–Trinajstić information content (AvgIpc) is 3.42. The minimum absolute atomic E-state index is 0.206. The van der Waals surface area contributed by atoms with Crippen LogP contribution in [0.15, 0.2) is 36.4 Å². The van der Waals surface area contributed by atoms with E-state index in [2.05, 4.69) is 20.8 Å². The summed E-state index contributed by atoms with van der Waals surface area (Å²) in [6, 6.07) is 9.44. The minimum atomic E-state index is -0.854. The fourth-order valence-corrected chi connectivity index (χ4v) is 3.42. The number of halogens is 1. The second-order valence-electron chi connectivity index (χ2n) is 7.18.